The van der Waals surface area contributed by atoms with Gasteiger partial charge in [-0.3, -0.25) is 4.79 Å². The van der Waals surface area contributed by atoms with E-state index in [0.717, 1.165) is 28.4 Å². The number of rotatable bonds is 9. The molecule has 3 aromatic rings. The zero-order chi connectivity index (χ0) is 23.1. The molecule has 1 heterocycles. The number of carbonyl (C=O) groups is 1. The molecule has 0 fully saturated rings. The van der Waals surface area contributed by atoms with Crippen molar-refractivity contribution >= 4 is 39.3 Å². The Labute approximate surface area is 193 Å². The molecule has 0 unspecified atom stereocenters. The molecule has 0 aliphatic carbocycles. The number of nitrogens with one attached hydrogen (secondary N) is 1. The summed E-state index contributed by atoms with van der Waals surface area (Å²) >= 11 is 1.59. The van der Waals surface area contributed by atoms with Crippen LogP contribution in [0.5, 0.6) is 0 Å². The van der Waals surface area contributed by atoms with Crippen LogP contribution in [0.3, 0.4) is 0 Å². The lowest BCUT2D eigenvalue weighted by molar-refractivity contribution is -0.117. The lowest BCUT2D eigenvalue weighted by atomic mass is 10.0. The van der Waals surface area contributed by atoms with Gasteiger partial charge in [-0.25, -0.2) is 0 Å². The lowest BCUT2D eigenvalue weighted by Gasteiger charge is -2.21. The second-order valence-corrected chi connectivity index (χ2v) is 8.53. The van der Waals surface area contributed by atoms with Gasteiger partial charge in [0.05, 0.1) is 6.61 Å². The van der Waals surface area contributed by atoms with Gasteiger partial charge in [-0.1, -0.05) is 18.2 Å². The summed E-state index contributed by atoms with van der Waals surface area (Å²) in [7, 11) is 1.57. The number of carbonyl (C=O) groups excluding carboxylic acids is 1. The van der Waals surface area contributed by atoms with Crippen LogP contribution in [0, 0.1) is 11.3 Å². The molecule has 5 nitrogen and oxygen atoms in total. The number of anilines is 1. The lowest BCUT2D eigenvalue weighted by Crippen LogP contribution is -2.28. The Balaban J connectivity index is 1.87. The van der Waals surface area contributed by atoms with Crippen LogP contribution in [-0.4, -0.2) is 39.3 Å². The number of hydrogen-bond acceptors (Lipinski definition) is 5. The predicted molar refractivity (Wildman–Crippen MR) is 134 cm³/mol. The summed E-state index contributed by atoms with van der Waals surface area (Å²) in [5.41, 5.74) is 3.18. The quantitative estimate of drug-likeness (QED) is 0.268. The number of benzene rings is 2. The Morgan fingerprint density at radius 2 is 1.81 bits per heavy atom. The highest BCUT2D eigenvalue weighted by Gasteiger charge is 2.15. The Morgan fingerprint density at radius 1 is 1.09 bits per heavy atom. The molecule has 1 N–H and O–H groups in total. The van der Waals surface area contributed by atoms with E-state index in [1.165, 1.54) is 16.5 Å². The first-order chi connectivity index (χ1) is 15.5. The fourth-order valence-corrected chi connectivity index (χ4v) is 4.66. The van der Waals surface area contributed by atoms with Gasteiger partial charge in [0.15, 0.2) is 0 Å². The summed E-state index contributed by atoms with van der Waals surface area (Å²) < 4.78 is 4.95. The van der Waals surface area contributed by atoms with Gasteiger partial charge in [-0.15, -0.1) is 11.3 Å². The molecule has 0 radical (unpaired) electrons. The van der Waals surface area contributed by atoms with Crippen LogP contribution in [0.15, 0.2) is 54.1 Å². The van der Waals surface area contributed by atoms with Crippen molar-refractivity contribution in [3.8, 4) is 16.5 Å². The molecule has 6 heteroatoms. The molecule has 1 amide bonds. The van der Waals surface area contributed by atoms with Crippen LogP contribution in [-0.2, 0) is 9.53 Å². The minimum atomic E-state index is -0.369. The highest BCUT2D eigenvalue weighted by atomic mass is 32.1. The van der Waals surface area contributed by atoms with Crippen molar-refractivity contribution in [2.24, 2.45) is 0 Å². The Hall–Kier alpha value is -3.14. The van der Waals surface area contributed by atoms with Crippen LogP contribution in [0.25, 0.3) is 26.8 Å². The molecule has 3 rings (SSSR count). The second-order valence-electron chi connectivity index (χ2n) is 7.44. The van der Waals surface area contributed by atoms with E-state index in [2.05, 4.69) is 66.5 Å². The van der Waals surface area contributed by atoms with Crippen molar-refractivity contribution in [1.82, 2.24) is 5.32 Å². The summed E-state index contributed by atoms with van der Waals surface area (Å²) in [5.74, 6) is -0.369. The molecule has 0 aliphatic heterocycles. The van der Waals surface area contributed by atoms with Gasteiger partial charge in [0.1, 0.15) is 11.6 Å². The molecule has 0 atom stereocenters. The zero-order valence-corrected chi connectivity index (χ0v) is 19.9. The third-order valence-corrected chi connectivity index (χ3v) is 6.77. The number of hydrogen-bond donors (Lipinski definition) is 1. The van der Waals surface area contributed by atoms with Gasteiger partial charge in [-0.05, 0) is 73.0 Å². The summed E-state index contributed by atoms with van der Waals surface area (Å²) in [4.78, 5) is 16.7. The first kappa shape index (κ1) is 23.5. The van der Waals surface area contributed by atoms with Gasteiger partial charge in [0.25, 0.3) is 5.91 Å². The monoisotopic (exact) mass is 447 g/mol. The van der Waals surface area contributed by atoms with E-state index in [1.807, 2.05) is 19.1 Å². The van der Waals surface area contributed by atoms with Crippen LogP contribution < -0.4 is 10.2 Å². The first-order valence-electron chi connectivity index (χ1n) is 10.8. The van der Waals surface area contributed by atoms with Crippen molar-refractivity contribution in [1.29, 1.82) is 5.26 Å². The molecular weight excluding hydrogens is 418 g/mol. The van der Waals surface area contributed by atoms with Crippen LogP contribution >= 0.6 is 11.3 Å². The van der Waals surface area contributed by atoms with Crippen molar-refractivity contribution in [2.75, 3.05) is 38.3 Å². The van der Waals surface area contributed by atoms with E-state index < -0.39 is 0 Å². The minimum Gasteiger partial charge on any atom is -0.383 e. The molecule has 166 valence electrons. The fraction of sp³-hybridized carbons (Fsp3) is 0.308. The van der Waals surface area contributed by atoms with Gasteiger partial charge in [0.2, 0.25) is 0 Å². The predicted octanol–water partition coefficient (Wildman–Crippen LogP) is 5.47. The number of ether oxygens (including phenoxy) is 1. The number of nitriles is 1. The molecule has 1 aromatic heterocycles. The summed E-state index contributed by atoms with van der Waals surface area (Å²) in [6.07, 6.45) is 0. The Morgan fingerprint density at radius 3 is 2.50 bits per heavy atom. The SMILES string of the molecule is CCN(CC)c1ccc2cc(-c3ccc(/C(C)=C(\C#N)C(=O)NCCOC)s3)ccc2c1. The van der Waals surface area contributed by atoms with Crippen molar-refractivity contribution < 1.29 is 9.53 Å². The van der Waals surface area contributed by atoms with Crippen molar-refractivity contribution in [2.45, 2.75) is 20.8 Å². The number of allylic oxidation sites excluding steroid dienone is 1. The highest BCUT2D eigenvalue weighted by molar-refractivity contribution is 7.16. The molecule has 0 spiro atoms. The summed E-state index contributed by atoms with van der Waals surface area (Å²) in [6, 6.07) is 19.1. The van der Waals surface area contributed by atoms with Crippen molar-refractivity contribution in [3.63, 3.8) is 0 Å². The second kappa shape index (κ2) is 10.9. The number of nitrogens with zero attached hydrogens (tertiary/aromatic N) is 2. The molecule has 32 heavy (non-hydrogen) atoms. The molecule has 0 bridgehead atoms. The van der Waals surface area contributed by atoms with Gasteiger partial charge < -0.3 is 15.0 Å². The summed E-state index contributed by atoms with van der Waals surface area (Å²) in [6.45, 7) is 8.91. The fourth-order valence-electron chi connectivity index (χ4n) is 3.65. The highest BCUT2D eigenvalue weighted by Crippen LogP contribution is 2.35. The Bertz CT molecular complexity index is 1170. The van der Waals surface area contributed by atoms with Crippen LogP contribution in [0.4, 0.5) is 5.69 Å². The number of thiophene rings is 1. The molecule has 0 saturated carbocycles. The number of amides is 1. The molecule has 0 aliphatic rings. The summed E-state index contributed by atoms with van der Waals surface area (Å²) in [5, 5.41) is 14.7. The average Bonchev–Trinajstić information content (AvgIpc) is 3.30. The van der Waals surface area contributed by atoms with Gasteiger partial charge >= 0.3 is 0 Å². The van der Waals surface area contributed by atoms with E-state index in [1.54, 1.807) is 18.4 Å². The largest absolute Gasteiger partial charge is 0.383 e. The van der Waals surface area contributed by atoms with Crippen molar-refractivity contribution in [3.05, 3.63) is 59.0 Å². The van der Waals surface area contributed by atoms with Crippen LogP contribution in [0.2, 0.25) is 0 Å². The minimum absolute atomic E-state index is 0.136. The van der Waals surface area contributed by atoms with Crippen LogP contribution in [0.1, 0.15) is 25.6 Å². The average molecular weight is 448 g/mol. The topological polar surface area (TPSA) is 65.4 Å². The van der Waals surface area contributed by atoms with Gasteiger partial charge in [0, 0.05) is 42.2 Å². The van der Waals surface area contributed by atoms with E-state index in [9.17, 15) is 10.1 Å². The third-order valence-electron chi connectivity index (χ3n) is 5.52. The molecule has 2 aromatic carbocycles. The van der Waals surface area contributed by atoms with E-state index in [-0.39, 0.29) is 11.5 Å². The Kier molecular flexibility index (Phi) is 8.04. The standard InChI is InChI=1S/C26H29N3O2S/c1-5-29(6-2)22-10-9-19-15-21(8-7-20(19)16-22)25-12-11-24(32-25)18(3)23(17-27)26(30)28-13-14-31-4/h7-12,15-16H,5-6,13-14H2,1-4H3,(H,28,30)/b23-18+. The zero-order valence-electron chi connectivity index (χ0n) is 19.1. The number of methoxy groups -OCH3 is 1. The first-order valence-corrected chi connectivity index (χ1v) is 11.6. The van der Waals surface area contributed by atoms with E-state index in [0.29, 0.717) is 18.7 Å². The van der Waals surface area contributed by atoms with Gasteiger partial charge in [-0.2, -0.15) is 5.26 Å². The van der Waals surface area contributed by atoms with E-state index >= 15 is 0 Å². The van der Waals surface area contributed by atoms with E-state index in [4.69, 9.17) is 4.74 Å². The normalized spacial score (nSPS) is 11.7. The number of fused-ring (bicyclic) bond motifs is 1. The smallest absolute Gasteiger partial charge is 0.262 e. The maximum atomic E-state index is 12.4. The maximum Gasteiger partial charge on any atom is 0.262 e. The molecule has 0 saturated heterocycles. The third kappa shape index (κ3) is 5.18. The molecular formula is C26H29N3O2S. The maximum absolute atomic E-state index is 12.4.